The van der Waals surface area contributed by atoms with Crippen molar-refractivity contribution in [2.45, 2.75) is 19.5 Å². The zero-order chi connectivity index (χ0) is 17.5. The summed E-state index contributed by atoms with van der Waals surface area (Å²) >= 11 is 0. The molecule has 0 aliphatic rings. The Morgan fingerprint density at radius 1 is 0.880 bits per heavy atom. The molecule has 5 heteroatoms. The predicted octanol–water partition coefficient (Wildman–Crippen LogP) is 3.89. The molecule has 1 aromatic heterocycles. The van der Waals surface area contributed by atoms with E-state index in [-0.39, 0.29) is 11.7 Å². The van der Waals surface area contributed by atoms with Crippen LogP contribution in [-0.2, 0) is 24.3 Å². The van der Waals surface area contributed by atoms with Gasteiger partial charge in [-0.15, -0.1) is 0 Å². The lowest BCUT2D eigenvalue weighted by atomic mass is 10.1. The third-order valence-corrected chi connectivity index (χ3v) is 3.80. The SMILES string of the molecule is O=C(Cc1ccc(NCc2ccoc2)cc1)NCc1ccc(F)cc1. The summed E-state index contributed by atoms with van der Waals surface area (Å²) in [6, 6.07) is 15.8. The highest BCUT2D eigenvalue weighted by Gasteiger charge is 2.04. The Bertz CT molecular complexity index is 797. The van der Waals surface area contributed by atoms with Crippen molar-refractivity contribution in [2.75, 3.05) is 5.32 Å². The predicted molar refractivity (Wildman–Crippen MR) is 94.4 cm³/mol. The number of anilines is 1. The number of amides is 1. The highest BCUT2D eigenvalue weighted by atomic mass is 19.1. The van der Waals surface area contributed by atoms with Crippen molar-refractivity contribution in [1.29, 1.82) is 0 Å². The Morgan fingerprint density at radius 2 is 1.60 bits per heavy atom. The summed E-state index contributed by atoms with van der Waals surface area (Å²) in [6.45, 7) is 1.08. The molecule has 3 rings (SSSR count). The third-order valence-electron chi connectivity index (χ3n) is 3.80. The molecule has 0 bridgehead atoms. The van der Waals surface area contributed by atoms with Crippen LogP contribution in [0.25, 0.3) is 0 Å². The average Bonchev–Trinajstić information content (AvgIpc) is 3.14. The lowest BCUT2D eigenvalue weighted by Gasteiger charge is -2.08. The van der Waals surface area contributed by atoms with Gasteiger partial charge in [-0.25, -0.2) is 4.39 Å². The molecular weight excluding hydrogens is 319 g/mol. The van der Waals surface area contributed by atoms with E-state index >= 15 is 0 Å². The highest BCUT2D eigenvalue weighted by molar-refractivity contribution is 5.78. The van der Waals surface area contributed by atoms with Crippen LogP contribution in [0.2, 0.25) is 0 Å². The molecule has 0 fully saturated rings. The number of nitrogens with one attached hydrogen (secondary N) is 2. The summed E-state index contributed by atoms with van der Waals surface area (Å²) < 4.78 is 17.9. The largest absolute Gasteiger partial charge is 0.472 e. The lowest BCUT2D eigenvalue weighted by molar-refractivity contribution is -0.120. The molecule has 0 aliphatic heterocycles. The van der Waals surface area contributed by atoms with Crippen molar-refractivity contribution >= 4 is 11.6 Å². The normalized spacial score (nSPS) is 10.4. The van der Waals surface area contributed by atoms with Gasteiger partial charge in [-0.2, -0.15) is 0 Å². The molecule has 1 heterocycles. The first kappa shape index (κ1) is 16.8. The van der Waals surface area contributed by atoms with E-state index in [4.69, 9.17) is 4.42 Å². The molecule has 0 aliphatic carbocycles. The second-order valence-electron chi connectivity index (χ2n) is 5.76. The third kappa shape index (κ3) is 5.21. The summed E-state index contributed by atoms with van der Waals surface area (Å²) in [6.07, 6.45) is 3.65. The van der Waals surface area contributed by atoms with Crippen LogP contribution >= 0.6 is 0 Å². The van der Waals surface area contributed by atoms with E-state index < -0.39 is 0 Å². The van der Waals surface area contributed by atoms with Crippen LogP contribution < -0.4 is 10.6 Å². The first-order valence-corrected chi connectivity index (χ1v) is 8.04. The summed E-state index contributed by atoms with van der Waals surface area (Å²) in [4.78, 5) is 12.0. The maximum Gasteiger partial charge on any atom is 0.224 e. The van der Waals surface area contributed by atoms with Gasteiger partial charge in [0, 0.05) is 24.3 Å². The molecule has 2 N–H and O–H groups in total. The summed E-state index contributed by atoms with van der Waals surface area (Å²) in [5.74, 6) is -0.347. The minimum Gasteiger partial charge on any atom is -0.472 e. The smallest absolute Gasteiger partial charge is 0.224 e. The zero-order valence-electron chi connectivity index (χ0n) is 13.7. The molecule has 3 aromatic rings. The van der Waals surface area contributed by atoms with Crippen molar-refractivity contribution < 1.29 is 13.6 Å². The number of carbonyl (C=O) groups excluding carboxylic acids is 1. The fraction of sp³-hybridized carbons (Fsp3) is 0.150. The van der Waals surface area contributed by atoms with Crippen LogP contribution in [0.4, 0.5) is 10.1 Å². The van der Waals surface area contributed by atoms with Gasteiger partial charge in [-0.05, 0) is 41.5 Å². The zero-order valence-corrected chi connectivity index (χ0v) is 13.7. The molecule has 0 spiro atoms. The topological polar surface area (TPSA) is 54.3 Å². The van der Waals surface area contributed by atoms with Crippen LogP contribution in [0, 0.1) is 5.82 Å². The van der Waals surface area contributed by atoms with Crippen LogP contribution in [-0.4, -0.2) is 5.91 Å². The van der Waals surface area contributed by atoms with E-state index in [0.717, 1.165) is 22.4 Å². The van der Waals surface area contributed by atoms with Gasteiger partial charge in [-0.1, -0.05) is 24.3 Å². The Hall–Kier alpha value is -3.08. The number of hydrogen-bond donors (Lipinski definition) is 2. The van der Waals surface area contributed by atoms with Crippen LogP contribution in [0.1, 0.15) is 16.7 Å². The standard InChI is InChI=1S/C20H19FN2O2/c21-18-5-1-16(2-6-18)12-23-20(24)11-15-3-7-19(8-4-15)22-13-17-9-10-25-14-17/h1-10,14,22H,11-13H2,(H,23,24). The van der Waals surface area contributed by atoms with Crippen molar-refractivity contribution in [2.24, 2.45) is 0 Å². The van der Waals surface area contributed by atoms with Crippen molar-refractivity contribution in [3.63, 3.8) is 0 Å². The molecule has 2 aromatic carbocycles. The van der Waals surface area contributed by atoms with Gasteiger partial charge in [0.25, 0.3) is 0 Å². The fourth-order valence-electron chi connectivity index (χ4n) is 2.39. The van der Waals surface area contributed by atoms with Crippen LogP contribution in [0.15, 0.2) is 71.5 Å². The Balaban J connectivity index is 1.45. The van der Waals surface area contributed by atoms with Gasteiger partial charge < -0.3 is 15.1 Å². The van der Waals surface area contributed by atoms with Crippen LogP contribution in [0.5, 0.6) is 0 Å². The fourth-order valence-corrected chi connectivity index (χ4v) is 2.39. The minimum absolute atomic E-state index is 0.0663. The first-order valence-electron chi connectivity index (χ1n) is 8.04. The molecule has 0 saturated heterocycles. The number of halogens is 1. The van der Waals surface area contributed by atoms with Gasteiger partial charge in [0.2, 0.25) is 5.91 Å². The lowest BCUT2D eigenvalue weighted by Crippen LogP contribution is -2.24. The maximum absolute atomic E-state index is 12.8. The van der Waals surface area contributed by atoms with E-state index in [1.165, 1.54) is 12.1 Å². The maximum atomic E-state index is 12.8. The van der Waals surface area contributed by atoms with E-state index in [1.54, 1.807) is 24.7 Å². The Kier molecular flexibility index (Phi) is 5.46. The van der Waals surface area contributed by atoms with E-state index in [1.807, 2.05) is 30.3 Å². The molecule has 128 valence electrons. The van der Waals surface area contributed by atoms with E-state index in [0.29, 0.717) is 19.5 Å². The number of benzene rings is 2. The van der Waals surface area contributed by atoms with Crippen LogP contribution in [0.3, 0.4) is 0 Å². The molecule has 1 amide bonds. The summed E-state index contributed by atoms with van der Waals surface area (Å²) in [5.41, 5.74) is 3.86. The number of hydrogen-bond acceptors (Lipinski definition) is 3. The number of carbonyl (C=O) groups is 1. The molecule has 0 unspecified atom stereocenters. The van der Waals surface area contributed by atoms with E-state index in [9.17, 15) is 9.18 Å². The summed E-state index contributed by atoms with van der Waals surface area (Å²) in [7, 11) is 0. The molecule has 0 radical (unpaired) electrons. The second-order valence-corrected chi connectivity index (χ2v) is 5.76. The van der Waals surface area contributed by atoms with Crippen molar-refractivity contribution in [3.05, 3.63) is 89.6 Å². The van der Waals surface area contributed by atoms with Gasteiger partial charge >= 0.3 is 0 Å². The van der Waals surface area contributed by atoms with Gasteiger partial charge in [0.15, 0.2) is 0 Å². The molecular formula is C20H19FN2O2. The number of furan rings is 1. The Morgan fingerprint density at radius 3 is 2.28 bits per heavy atom. The van der Waals surface area contributed by atoms with E-state index in [2.05, 4.69) is 10.6 Å². The van der Waals surface area contributed by atoms with Gasteiger partial charge in [-0.3, -0.25) is 4.79 Å². The van der Waals surface area contributed by atoms with Crippen molar-refractivity contribution in [3.8, 4) is 0 Å². The highest BCUT2D eigenvalue weighted by Crippen LogP contribution is 2.12. The monoisotopic (exact) mass is 338 g/mol. The van der Waals surface area contributed by atoms with Crippen molar-refractivity contribution in [1.82, 2.24) is 5.32 Å². The molecule has 25 heavy (non-hydrogen) atoms. The molecule has 0 saturated carbocycles. The first-order chi connectivity index (χ1) is 12.2. The minimum atomic E-state index is -0.281. The Labute approximate surface area is 145 Å². The molecule has 0 atom stereocenters. The molecule has 4 nitrogen and oxygen atoms in total. The van der Waals surface area contributed by atoms with Gasteiger partial charge in [0.1, 0.15) is 5.82 Å². The second kappa shape index (κ2) is 8.15. The van der Waals surface area contributed by atoms with Gasteiger partial charge in [0.05, 0.1) is 18.9 Å². The summed E-state index contributed by atoms with van der Waals surface area (Å²) in [5, 5.41) is 6.13. The average molecular weight is 338 g/mol. The quantitative estimate of drug-likeness (QED) is 0.687. The number of rotatable bonds is 7.